The molecule has 0 aliphatic rings. The van der Waals surface area contributed by atoms with Gasteiger partial charge >= 0.3 is 5.97 Å². The predicted molar refractivity (Wildman–Crippen MR) is 161 cm³/mol. The molecule has 2 rings (SSSR count). The molecule has 0 radical (unpaired) electrons. The number of primary amides is 1. The van der Waals surface area contributed by atoms with Gasteiger partial charge in [-0.05, 0) is 41.5 Å². The molecule has 0 bridgehead atoms. The number of rotatable bonds is 16. The molecule has 0 aliphatic heterocycles. The van der Waals surface area contributed by atoms with E-state index in [0.29, 0.717) is 12.0 Å². The zero-order chi connectivity index (χ0) is 31.2. The Morgan fingerprint density at radius 1 is 0.833 bits per heavy atom. The van der Waals surface area contributed by atoms with E-state index < -0.39 is 47.7 Å². The highest BCUT2D eigenvalue weighted by molar-refractivity contribution is 6.18. The Labute approximate surface area is 252 Å². The van der Waals surface area contributed by atoms with Gasteiger partial charge in [-0.3, -0.25) is 19.2 Å². The van der Waals surface area contributed by atoms with Gasteiger partial charge in [0.25, 0.3) is 5.91 Å². The largest absolute Gasteiger partial charge is 0.463 e. The highest BCUT2D eigenvalue weighted by Crippen LogP contribution is 2.20. The normalized spacial score (nSPS) is 13.8. The summed E-state index contributed by atoms with van der Waals surface area (Å²) in [7, 11) is 0. The van der Waals surface area contributed by atoms with Crippen LogP contribution in [0.4, 0.5) is 0 Å². The molecule has 0 saturated carbocycles. The van der Waals surface area contributed by atoms with E-state index >= 15 is 0 Å². The van der Waals surface area contributed by atoms with E-state index in [1.807, 2.05) is 56.3 Å². The van der Waals surface area contributed by atoms with Crippen molar-refractivity contribution in [1.82, 2.24) is 16.0 Å². The molecule has 0 heterocycles. The third-order valence-corrected chi connectivity index (χ3v) is 7.04. The first-order valence-electron chi connectivity index (χ1n) is 14.1. The molecule has 0 unspecified atom stereocenters. The van der Waals surface area contributed by atoms with Crippen molar-refractivity contribution in [3.63, 3.8) is 0 Å². The van der Waals surface area contributed by atoms with Gasteiger partial charge in [0.15, 0.2) is 0 Å². The van der Waals surface area contributed by atoms with Gasteiger partial charge in [0.05, 0.1) is 5.88 Å². The molecule has 0 saturated heterocycles. The number of amides is 4. The van der Waals surface area contributed by atoms with Gasteiger partial charge in [-0.15, -0.1) is 11.6 Å². The maximum absolute atomic E-state index is 13.5. The molecular formula is C31H41ClN4O6. The first kappa shape index (κ1) is 34.3. The van der Waals surface area contributed by atoms with Crippen molar-refractivity contribution < 1.29 is 28.7 Å². The maximum atomic E-state index is 13.5. The summed E-state index contributed by atoms with van der Waals surface area (Å²) in [6, 6.07) is 13.7. The molecule has 2 aromatic rings. The zero-order valence-corrected chi connectivity index (χ0v) is 25.3. The smallest absolute Gasteiger partial charge is 0.328 e. The summed E-state index contributed by atoms with van der Waals surface area (Å²) in [4.78, 5) is 63.6. The van der Waals surface area contributed by atoms with Crippen LogP contribution in [0.3, 0.4) is 0 Å². The second-order valence-corrected chi connectivity index (χ2v) is 10.8. The average molecular weight is 601 g/mol. The van der Waals surface area contributed by atoms with Gasteiger partial charge in [0.2, 0.25) is 17.7 Å². The summed E-state index contributed by atoms with van der Waals surface area (Å²) in [6.45, 7) is 7.13. The number of nitrogens with one attached hydrogen (secondary N) is 3. The van der Waals surface area contributed by atoms with Crippen molar-refractivity contribution >= 4 is 41.2 Å². The lowest BCUT2D eigenvalue weighted by atomic mass is 9.95. The van der Waals surface area contributed by atoms with Crippen molar-refractivity contribution in [3.8, 4) is 11.1 Å². The quantitative estimate of drug-likeness (QED) is 0.171. The lowest BCUT2D eigenvalue weighted by Crippen LogP contribution is -2.58. The lowest BCUT2D eigenvalue weighted by Gasteiger charge is -2.29. The summed E-state index contributed by atoms with van der Waals surface area (Å²) in [5.41, 5.74) is 7.58. The van der Waals surface area contributed by atoms with Gasteiger partial charge in [-0.25, -0.2) is 4.79 Å². The molecule has 5 N–H and O–H groups in total. The van der Waals surface area contributed by atoms with Gasteiger partial charge < -0.3 is 26.4 Å². The number of hydrogen-bond donors (Lipinski definition) is 4. The van der Waals surface area contributed by atoms with Crippen molar-refractivity contribution in [2.45, 2.75) is 65.1 Å². The van der Waals surface area contributed by atoms with E-state index in [9.17, 15) is 24.0 Å². The van der Waals surface area contributed by atoms with Gasteiger partial charge in [0.1, 0.15) is 24.7 Å². The van der Waals surface area contributed by atoms with Crippen LogP contribution in [-0.4, -0.2) is 60.2 Å². The Morgan fingerprint density at radius 3 is 1.98 bits per heavy atom. The third kappa shape index (κ3) is 10.5. The Balaban J connectivity index is 2.16. The fraction of sp³-hybridized carbons (Fsp3) is 0.452. The van der Waals surface area contributed by atoms with Crippen LogP contribution in [-0.2, 0) is 23.9 Å². The number of ether oxygens (including phenoxy) is 1. The van der Waals surface area contributed by atoms with Crippen LogP contribution < -0.4 is 21.7 Å². The average Bonchev–Trinajstić information content (AvgIpc) is 2.98. The molecule has 0 aromatic heterocycles. The SMILES string of the molecule is CC[C@H](C)[C@H](NC(=O)c1ccc(-c2ccccc2)cc1)C(=O)N[C@@H](C(=O)N[C@@H](CCC(N)=O)C(=O)OCCCl)C(C)C. The van der Waals surface area contributed by atoms with Gasteiger partial charge in [-0.2, -0.15) is 0 Å². The minimum Gasteiger partial charge on any atom is -0.463 e. The fourth-order valence-corrected chi connectivity index (χ4v) is 4.26. The second-order valence-electron chi connectivity index (χ2n) is 10.4. The predicted octanol–water partition coefficient (Wildman–Crippen LogP) is 3.17. The maximum Gasteiger partial charge on any atom is 0.328 e. The van der Waals surface area contributed by atoms with Gasteiger partial charge in [-0.1, -0.05) is 76.6 Å². The van der Waals surface area contributed by atoms with Crippen molar-refractivity contribution in [2.24, 2.45) is 17.6 Å². The van der Waals surface area contributed by atoms with E-state index in [1.165, 1.54) is 0 Å². The van der Waals surface area contributed by atoms with Crippen LogP contribution in [0.15, 0.2) is 54.6 Å². The first-order chi connectivity index (χ1) is 20.0. The van der Waals surface area contributed by atoms with Crippen LogP contribution >= 0.6 is 11.6 Å². The minimum absolute atomic E-state index is 0.0623. The van der Waals surface area contributed by atoms with Crippen molar-refractivity contribution in [1.29, 1.82) is 0 Å². The number of hydrogen-bond acceptors (Lipinski definition) is 6. The lowest BCUT2D eigenvalue weighted by molar-refractivity contribution is -0.148. The van der Waals surface area contributed by atoms with Crippen LogP contribution in [0.5, 0.6) is 0 Å². The molecular weight excluding hydrogens is 560 g/mol. The molecule has 0 fully saturated rings. The topological polar surface area (TPSA) is 157 Å². The molecule has 0 aliphatic carbocycles. The fourth-order valence-electron chi connectivity index (χ4n) is 4.19. The second kappa shape index (κ2) is 17.1. The van der Waals surface area contributed by atoms with Crippen LogP contribution in [0, 0.1) is 11.8 Å². The monoisotopic (exact) mass is 600 g/mol. The molecule has 2 aromatic carbocycles. The molecule has 228 valence electrons. The molecule has 4 atom stereocenters. The minimum atomic E-state index is -1.16. The number of nitrogens with two attached hydrogens (primary N) is 1. The van der Waals surface area contributed by atoms with E-state index in [0.717, 1.165) is 11.1 Å². The molecule has 11 heteroatoms. The Hall–Kier alpha value is -3.92. The number of carbonyl (C=O) groups excluding carboxylic acids is 5. The third-order valence-electron chi connectivity index (χ3n) is 6.89. The number of esters is 1. The molecule has 0 spiro atoms. The highest BCUT2D eigenvalue weighted by Gasteiger charge is 2.33. The molecule has 4 amide bonds. The zero-order valence-electron chi connectivity index (χ0n) is 24.5. The number of benzene rings is 2. The van der Waals surface area contributed by atoms with E-state index in [2.05, 4.69) is 16.0 Å². The van der Waals surface area contributed by atoms with Crippen LogP contribution in [0.25, 0.3) is 11.1 Å². The summed E-state index contributed by atoms with van der Waals surface area (Å²) in [6.07, 6.45) is 0.356. The highest BCUT2D eigenvalue weighted by atomic mass is 35.5. The first-order valence-corrected chi connectivity index (χ1v) is 14.6. The van der Waals surface area contributed by atoms with Gasteiger partial charge in [0, 0.05) is 12.0 Å². The summed E-state index contributed by atoms with van der Waals surface area (Å²) in [5, 5.41) is 8.13. The Bertz CT molecular complexity index is 1210. The van der Waals surface area contributed by atoms with E-state index in [-0.39, 0.29) is 37.2 Å². The van der Waals surface area contributed by atoms with E-state index in [4.69, 9.17) is 22.1 Å². The Kier molecular flexibility index (Phi) is 14.0. The Morgan fingerprint density at radius 2 is 1.43 bits per heavy atom. The van der Waals surface area contributed by atoms with Crippen molar-refractivity contribution in [3.05, 3.63) is 60.2 Å². The van der Waals surface area contributed by atoms with E-state index in [1.54, 1.807) is 26.0 Å². The summed E-state index contributed by atoms with van der Waals surface area (Å²) < 4.78 is 5.04. The molecule has 42 heavy (non-hydrogen) atoms. The molecule has 10 nitrogen and oxygen atoms in total. The van der Waals surface area contributed by atoms with Crippen molar-refractivity contribution in [2.75, 3.05) is 12.5 Å². The standard InChI is InChI=1S/C31H41ClN4O6/c1-5-20(4)27(36-28(38)23-13-11-22(12-14-23)21-9-7-6-8-10-21)30(40)35-26(19(2)3)29(39)34-24(15-16-25(33)37)31(41)42-18-17-32/h6-14,19-20,24,26-27H,5,15-18H2,1-4H3,(H2,33,37)(H,34,39)(H,35,40)(H,36,38)/t20-,24-,26+,27-/m0/s1. The summed E-state index contributed by atoms with van der Waals surface area (Å²) in [5.74, 6) is -3.56. The number of carbonyl (C=O) groups is 5. The summed E-state index contributed by atoms with van der Waals surface area (Å²) >= 11 is 5.59. The number of halogens is 1. The van der Waals surface area contributed by atoms with Crippen LogP contribution in [0.1, 0.15) is 57.3 Å². The van der Waals surface area contributed by atoms with Crippen LogP contribution in [0.2, 0.25) is 0 Å². The number of alkyl halides is 1.